The van der Waals surface area contributed by atoms with E-state index in [4.69, 9.17) is 0 Å². The van der Waals surface area contributed by atoms with E-state index in [0.29, 0.717) is 11.3 Å². The van der Waals surface area contributed by atoms with E-state index in [-0.39, 0.29) is 11.9 Å². The van der Waals surface area contributed by atoms with Crippen molar-refractivity contribution < 1.29 is 4.79 Å². The van der Waals surface area contributed by atoms with Crippen molar-refractivity contribution in [2.75, 3.05) is 6.54 Å². The van der Waals surface area contributed by atoms with Gasteiger partial charge in [-0.1, -0.05) is 26.0 Å². The smallest absolute Gasteiger partial charge is 0.264 e. The summed E-state index contributed by atoms with van der Waals surface area (Å²) in [5.41, 5.74) is 1.75. The topological polar surface area (TPSA) is 51.0 Å². The van der Waals surface area contributed by atoms with E-state index in [1.165, 1.54) is 16.9 Å². The van der Waals surface area contributed by atoms with Gasteiger partial charge < -0.3 is 4.90 Å². The number of aromatic nitrogens is 3. The van der Waals surface area contributed by atoms with Crippen LogP contribution in [0.25, 0.3) is 0 Å². The molecule has 3 heterocycles. The maximum Gasteiger partial charge on any atom is 0.264 e. The summed E-state index contributed by atoms with van der Waals surface area (Å²) < 4.78 is 1.84. The number of aryl methyl sites for hydroxylation is 1. The third kappa shape index (κ3) is 3.43. The summed E-state index contributed by atoms with van der Waals surface area (Å²) in [5, 5.41) is 7.94. The third-order valence-electron chi connectivity index (χ3n) is 6.03. The molecule has 0 saturated carbocycles. The Morgan fingerprint density at radius 3 is 2.92 bits per heavy atom. The Morgan fingerprint density at radius 1 is 1.35 bits per heavy atom. The average Bonchev–Trinajstić information content (AvgIpc) is 3.33. The number of fused-ring (bicyclic) bond motifs is 1. The summed E-state index contributed by atoms with van der Waals surface area (Å²) in [5.74, 6) is 0.915. The quantitative estimate of drug-likeness (QED) is 0.823. The van der Waals surface area contributed by atoms with Crippen LogP contribution >= 0.6 is 11.3 Å². The number of carbonyl (C=O) groups excluding carboxylic acids is 1. The van der Waals surface area contributed by atoms with Gasteiger partial charge in [0, 0.05) is 17.6 Å². The van der Waals surface area contributed by atoms with Crippen LogP contribution in [-0.4, -0.2) is 38.4 Å². The number of nitrogens with zero attached hydrogens (tertiary/aromatic N) is 4. The lowest BCUT2D eigenvalue weighted by Crippen LogP contribution is -2.37. The number of hydrogen-bond acceptors (Lipinski definition) is 4. The molecular weight excluding hydrogens is 344 g/mol. The fourth-order valence-corrected chi connectivity index (χ4v) is 5.51. The first-order chi connectivity index (χ1) is 12.4. The third-order valence-corrected chi connectivity index (χ3v) is 7.25. The maximum absolute atomic E-state index is 13.2. The molecule has 1 aliphatic heterocycles. The van der Waals surface area contributed by atoms with Crippen LogP contribution in [0.5, 0.6) is 0 Å². The summed E-state index contributed by atoms with van der Waals surface area (Å²) in [7, 11) is 0. The van der Waals surface area contributed by atoms with Crippen molar-refractivity contribution in [2.24, 2.45) is 11.3 Å². The molecule has 4 rings (SSSR count). The fourth-order valence-electron chi connectivity index (χ4n) is 4.35. The van der Waals surface area contributed by atoms with Crippen LogP contribution in [0.3, 0.4) is 0 Å². The Labute approximate surface area is 159 Å². The molecule has 0 aromatic carbocycles. The summed E-state index contributed by atoms with van der Waals surface area (Å²) in [6.07, 6.45) is 9.16. The van der Waals surface area contributed by atoms with Crippen LogP contribution in [0.15, 0.2) is 18.5 Å². The predicted molar refractivity (Wildman–Crippen MR) is 103 cm³/mol. The largest absolute Gasteiger partial charge is 0.333 e. The fraction of sp³-hybridized carbons (Fsp3) is 0.650. The Bertz CT molecular complexity index is 774. The summed E-state index contributed by atoms with van der Waals surface area (Å²) in [6, 6.07) is 2.41. The van der Waals surface area contributed by atoms with E-state index in [1.54, 1.807) is 17.5 Å². The molecule has 1 aliphatic carbocycles. The van der Waals surface area contributed by atoms with Gasteiger partial charge in [-0.25, -0.2) is 0 Å². The van der Waals surface area contributed by atoms with Gasteiger partial charge in [-0.2, -0.15) is 0 Å². The van der Waals surface area contributed by atoms with Crippen molar-refractivity contribution in [1.29, 1.82) is 0 Å². The van der Waals surface area contributed by atoms with Crippen LogP contribution in [0.2, 0.25) is 0 Å². The second-order valence-corrected chi connectivity index (χ2v) is 9.92. The number of likely N-dealkylation sites (tertiary alicyclic amines) is 1. The molecule has 2 aromatic rings. The van der Waals surface area contributed by atoms with Gasteiger partial charge in [0.2, 0.25) is 0 Å². The molecule has 2 aliphatic rings. The highest BCUT2D eigenvalue weighted by molar-refractivity contribution is 7.14. The van der Waals surface area contributed by atoms with E-state index in [1.807, 2.05) is 10.9 Å². The highest BCUT2D eigenvalue weighted by atomic mass is 32.1. The predicted octanol–water partition coefficient (Wildman–Crippen LogP) is 3.80. The highest BCUT2D eigenvalue weighted by Crippen LogP contribution is 2.40. The first-order valence-electron chi connectivity index (χ1n) is 9.68. The zero-order chi connectivity index (χ0) is 18.3. The Kier molecular flexibility index (Phi) is 4.63. The molecular formula is C20H28N4OS. The highest BCUT2D eigenvalue weighted by Gasteiger charge is 2.33. The van der Waals surface area contributed by atoms with Gasteiger partial charge in [0.15, 0.2) is 0 Å². The Balaban J connectivity index is 1.49. The van der Waals surface area contributed by atoms with Gasteiger partial charge >= 0.3 is 0 Å². The van der Waals surface area contributed by atoms with E-state index in [9.17, 15) is 4.79 Å². The molecule has 26 heavy (non-hydrogen) atoms. The number of hydrogen-bond donors (Lipinski definition) is 0. The average molecular weight is 373 g/mol. The molecule has 5 nitrogen and oxygen atoms in total. The molecule has 1 unspecified atom stereocenters. The minimum Gasteiger partial charge on any atom is -0.333 e. The minimum absolute atomic E-state index is 0.208. The van der Waals surface area contributed by atoms with Crippen molar-refractivity contribution in [1.82, 2.24) is 19.9 Å². The molecule has 140 valence electrons. The van der Waals surface area contributed by atoms with Crippen molar-refractivity contribution in [2.45, 2.75) is 65.5 Å². The Hall–Kier alpha value is -1.69. The molecule has 0 N–H and O–H groups in total. The van der Waals surface area contributed by atoms with Gasteiger partial charge in [0.05, 0.1) is 23.7 Å². The zero-order valence-corrected chi connectivity index (χ0v) is 16.8. The minimum atomic E-state index is 0.208. The van der Waals surface area contributed by atoms with Crippen molar-refractivity contribution in [3.8, 4) is 0 Å². The summed E-state index contributed by atoms with van der Waals surface area (Å²) >= 11 is 1.73. The molecule has 1 amide bonds. The lowest BCUT2D eigenvalue weighted by atomic mass is 9.72. The lowest BCUT2D eigenvalue weighted by molar-refractivity contribution is 0.0726. The van der Waals surface area contributed by atoms with E-state index >= 15 is 0 Å². The van der Waals surface area contributed by atoms with E-state index < -0.39 is 0 Å². The standard InChI is InChI=1S/C20H28N4OS/c1-20(2,3)15-6-7-17-14(11-15)12-18(26-17)19(25)24-9-4-5-16(24)13-23-10-8-21-22-23/h8,10,12,15-16H,4-7,9,11,13H2,1-3H3/t15?,16-/m0/s1. The van der Waals surface area contributed by atoms with Crippen LogP contribution in [0.1, 0.15) is 60.1 Å². The molecule has 1 saturated heterocycles. The monoisotopic (exact) mass is 372 g/mol. The second-order valence-electron chi connectivity index (χ2n) is 8.78. The first kappa shape index (κ1) is 17.7. The molecule has 2 aromatic heterocycles. The maximum atomic E-state index is 13.2. The molecule has 0 radical (unpaired) electrons. The number of rotatable bonds is 3. The molecule has 0 spiro atoms. The molecule has 2 atom stereocenters. The van der Waals surface area contributed by atoms with E-state index in [2.05, 4.69) is 42.0 Å². The van der Waals surface area contributed by atoms with Gasteiger partial charge in [-0.05, 0) is 55.1 Å². The van der Waals surface area contributed by atoms with Gasteiger partial charge in [-0.15, -0.1) is 16.4 Å². The Morgan fingerprint density at radius 2 is 2.19 bits per heavy atom. The first-order valence-corrected chi connectivity index (χ1v) is 10.5. The summed E-state index contributed by atoms with van der Waals surface area (Å²) in [4.78, 5) is 17.6. The van der Waals surface area contributed by atoms with E-state index in [0.717, 1.165) is 43.6 Å². The van der Waals surface area contributed by atoms with Gasteiger partial charge in [-0.3, -0.25) is 9.48 Å². The normalized spacial score (nSPS) is 23.3. The van der Waals surface area contributed by atoms with Crippen LogP contribution < -0.4 is 0 Å². The van der Waals surface area contributed by atoms with Gasteiger partial charge in [0.1, 0.15) is 0 Å². The van der Waals surface area contributed by atoms with Crippen LogP contribution in [0, 0.1) is 11.3 Å². The second kappa shape index (κ2) is 6.80. The van der Waals surface area contributed by atoms with Crippen molar-refractivity contribution in [3.63, 3.8) is 0 Å². The number of amides is 1. The number of thiophene rings is 1. The molecule has 0 bridgehead atoms. The number of carbonyl (C=O) groups is 1. The summed E-state index contributed by atoms with van der Waals surface area (Å²) in [6.45, 7) is 8.59. The van der Waals surface area contributed by atoms with Crippen molar-refractivity contribution >= 4 is 17.2 Å². The van der Waals surface area contributed by atoms with Gasteiger partial charge in [0.25, 0.3) is 5.91 Å². The molecule has 1 fully saturated rings. The molecule has 6 heteroatoms. The zero-order valence-electron chi connectivity index (χ0n) is 15.9. The van der Waals surface area contributed by atoms with Crippen LogP contribution in [0.4, 0.5) is 0 Å². The SMILES string of the molecule is CC(C)(C)C1CCc2sc(C(=O)N3CCC[C@H]3Cn3ccnn3)cc2C1. The van der Waals surface area contributed by atoms with Crippen LogP contribution in [-0.2, 0) is 19.4 Å². The van der Waals surface area contributed by atoms with Crippen molar-refractivity contribution in [3.05, 3.63) is 33.8 Å². The lowest BCUT2D eigenvalue weighted by Gasteiger charge is -2.33.